The van der Waals surface area contributed by atoms with Crippen LogP contribution in [0, 0.1) is 0 Å². The van der Waals surface area contributed by atoms with Gasteiger partial charge in [-0.25, -0.2) is 0 Å². The number of carbonyl (C=O) groups excluding carboxylic acids is 1. The van der Waals surface area contributed by atoms with Gasteiger partial charge in [-0.15, -0.1) is 0 Å². The highest BCUT2D eigenvalue weighted by atomic mass is 16.1. The molecular formula is C12H18N2O. The summed E-state index contributed by atoms with van der Waals surface area (Å²) in [6.45, 7) is 4.57. The van der Waals surface area contributed by atoms with Gasteiger partial charge in [0.1, 0.15) is 0 Å². The Morgan fingerprint density at radius 1 is 1.33 bits per heavy atom. The minimum Gasteiger partial charge on any atom is -0.325 e. The molecule has 1 amide bonds. The number of carbonyl (C=O) groups is 1. The van der Waals surface area contributed by atoms with Crippen LogP contribution in [0.2, 0.25) is 0 Å². The van der Waals surface area contributed by atoms with E-state index in [1.807, 2.05) is 24.3 Å². The summed E-state index contributed by atoms with van der Waals surface area (Å²) in [4.78, 5) is 11.4. The van der Waals surface area contributed by atoms with Crippen LogP contribution in [0.5, 0.6) is 0 Å². The zero-order valence-electron chi connectivity index (χ0n) is 9.50. The highest BCUT2D eigenvalue weighted by molar-refractivity contribution is 5.93. The molecular weight excluding hydrogens is 188 g/mol. The van der Waals surface area contributed by atoms with E-state index in [-0.39, 0.29) is 5.91 Å². The first kappa shape index (κ1) is 11.7. The summed E-state index contributed by atoms with van der Waals surface area (Å²) in [6, 6.07) is 7.90. The quantitative estimate of drug-likeness (QED) is 0.790. The maximum absolute atomic E-state index is 11.4. The van der Waals surface area contributed by atoms with Gasteiger partial charge in [0.25, 0.3) is 0 Å². The molecule has 0 radical (unpaired) electrons. The van der Waals surface area contributed by atoms with Gasteiger partial charge < -0.3 is 10.6 Å². The molecule has 15 heavy (non-hydrogen) atoms. The summed E-state index contributed by atoms with van der Waals surface area (Å²) < 4.78 is 0. The Labute approximate surface area is 90.9 Å². The van der Waals surface area contributed by atoms with Crippen LogP contribution in [0.4, 0.5) is 5.69 Å². The lowest BCUT2D eigenvalue weighted by Gasteiger charge is -2.13. The summed E-state index contributed by atoms with van der Waals surface area (Å²) in [5, 5.41) is 5.72. The van der Waals surface area contributed by atoms with Crippen molar-refractivity contribution < 1.29 is 4.79 Å². The molecule has 0 heterocycles. The molecule has 1 rings (SSSR count). The molecule has 2 N–H and O–H groups in total. The van der Waals surface area contributed by atoms with Crippen LogP contribution in [0.3, 0.4) is 0 Å². The molecule has 0 unspecified atom stereocenters. The lowest BCUT2D eigenvalue weighted by molar-refractivity contribution is -0.115. The van der Waals surface area contributed by atoms with E-state index >= 15 is 0 Å². The lowest BCUT2D eigenvalue weighted by atomic mass is 10.0. The summed E-state index contributed by atoms with van der Waals surface area (Å²) in [5.41, 5.74) is 2.08. The molecule has 82 valence electrons. The third kappa shape index (κ3) is 3.36. The van der Waals surface area contributed by atoms with Gasteiger partial charge in [0.15, 0.2) is 0 Å². The molecule has 0 fully saturated rings. The summed E-state index contributed by atoms with van der Waals surface area (Å²) in [5.74, 6) is 0.404. The van der Waals surface area contributed by atoms with E-state index in [2.05, 4.69) is 24.5 Å². The van der Waals surface area contributed by atoms with E-state index in [1.54, 1.807) is 7.05 Å². The normalized spacial score (nSPS) is 10.4. The molecule has 3 heteroatoms. The molecule has 1 aromatic carbocycles. The maximum atomic E-state index is 11.4. The minimum absolute atomic E-state index is 0.00870. The van der Waals surface area contributed by atoms with Crippen LogP contribution in [0.1, 0.15) is 25.3 Å². The molecule has 1 aromatic rings. The number of rotatable bonds is 4. The summed E-state index contributed by atoms with van der Waals surface area (Å²) in [7, 11) is 1.76. The molecule has 0 aliphatic carbocycles. The zero-order valence-corrected chi connectivity index (χ0v) is 9.50. The number of hydrogen-bond acceptors (Lipinski definition) is 2. The van der Waals surface area contributed by atoms with Gasteiger partial charge in [0.05, 0.1) is 6.54 Å². The molecule has 0 saturated carbocycles. The first-order valence-electron chi connectivity index (χ1n) is 5.18. The molecule has 0 atom stereocenters. The van der Waals surface area contributed by atoms with Crippen molar-refractivity contribution >= 4 is 11.6 Å². The molecule has 0 saturated heterocycles. The summed E-state index contributed by atoms with van der Waals surface area (Å²) >= 11 is 0. The number of likely N-dealkylation sites (N-methyl/N-ethyl adjacent to an activating group) is 1. The average Bonchev–Trinajstić information content (AvgIpc) is 2.18. The van der Waals surface area contributed by atoms with E-state index in [9.17, 15) is 4.79 Å². The third-order valence-electron chi connectivity index (χ3n) is 2.19. The van der Waals surface area contributed by atoms with Crippen molar-refractivity contribution in [3.63, 3.8) is 0 Å². The van der Waals surface area contributed by atoms with Crippen LogP contribution in [0.15, 0.2) is 24.3 Å². The molecule has 0 aromatic heterocycles. The van der Waals surface area contributed by atoms with Crippen LogP contribution in [-0.2, 0) is 4.79 Å². The van der Waals surface area contributed by atoms with Crippen molar-refractivity contribution in [2.45, 2.75) is 19.8 Å². The van der Waals surface area contributed by atoms with Gasteiger partial charge in [-0.3, -0.25) is 4.79 Å². The SMILES string of the molecule is CNCC(=O)Nc1ccccc1C(C)C. The highest BCUT2D eigenvalue weighted by Crippen LogP contribution is 2.23. The van der Waals surface area contributed by atoms with Gasteiger partial charge >= 0.3 is 0 Å². The number of hydrogen-bond donors (Lipinski definition) is 2. The Morgan fingerprint density at radius 3 is 2.60 bits per heavy atom. The standard InChI is InChI=1S/C12H18N2O/c1-9(2)10-6-4-5-7-11(10)14-12(15)8-13-3/h4-7,9,13H,8H2,1-3H3,(H,14,15). The van der Waals surface area contributed by atoms with Crippen molar-refractivity contribution in [3.05, 3.63) is 29.8 Å². The van der Waals surface area contributed by atoms with Gasteiger partial charge in [-0.05, 0) is 24.6 Å². The minimum atomic E-state index is -0.00870. The first-order chi connectivity index (χ1) is 7.15. The fourth-order valence-electron chi connectivity index (χ4n) is 1.47. The number of para-hydroxylation sites is 1. The second-order valence-electron chi connectivity index (χ2n) is 3.82. The molecule has 0 bridgehead atoms. The molecule has 0 spiro atoms. The van der Waals surface area contributed by atoms with Gasteiger partial charge in [-0.1, -0.05) is 32.0 Å². The lowest BCUT2D eigenvalue weighted by Crippen LogP contribution is -2.25. The van der Waals surface area contributed by atoms with Crippen molar-refractivity contribution in [1.82, 2.24) is 5.32 Å². The second kappa shape index (κ2) is 5.51. The third-order valence-corrected chi connectivity index (χ3v) is 2.19. The topological polar surface area (TPSA) is 41.1 Å². The molecule has 0 aliphatic heterocycles. The van der Waals surface area contributed by atoms with Crippen molar-refractivity contribution in [2.24, 2.45) is 0 Å². The van der Waals surface area contributed by atoms with Crippen LogP contribution in [0.25, 0.3) is 0 Å². The van der Waals surface area contributed by atoms with Crippen LogP contribution < -0.4 is 10.6 Å². The fraction of sp³-hybridized carbons (Fsp3) is 0.417. The number of anilines is 1. The van der Waals surface area contributed by atoms with Gasteiger partial charge in [0.2, 0.25) is 5.91 Å². The van der Waals surface area contributed by atoms with E-state index in [0.29, 0.717) is 12.5 Å². The predicted molar refractivity (Wildman–Crippen MR) is 63.1 cm³/mol. The Morgan fingerprint density at radius 2 is 2.00 bits per heavy atom. The number of amides is 1. The Hall–Kier alpha value is -1.35. The Kier molecular flexibility index (Phi) is 4.31. The zero-order chi connectivity index (χ0) is 11.3. The fourth-order valence-corrected chi connectivity index (χ4v) is 1.47. The average molecular weight is 206 g/mol. The van der Waals surface area contributed by atoms with Crippen molar-refractivity contribution in [1.29, 1.82) is 0 Å². The molecule has 3 nitrogen and oxygen atoms in total. The molecule has 0 aliphatic rings. The highest BCUT2D eigenvalue weighted by Gasteiger charge is 2.07. The predicted octanol–water partition coefficient (Wildman–Crippen LogP) is 1.97. The summed E-state index contributed by atoms with van der Waals surface area (Å²) in [6.07, 6.45) is 0. The number of nitrogens with one attached hydrogen (secondary N) is 2. The Balaban J connectivity index is 2.80. The largest absolute Gasteiger partial charge is 0.325 e. The Bertz CT molecular complexity index is 334. The van der Waals surface area contributed by atoms with Gasteiger partial charge in [0, 0.05) is 5.69 Å². The van der Waals surface area contributed by atoms with Crippen molar-refractivity contribution in [3.8, 4) is 0 Å². The number of benzene rings is 1. The first-order valence-corrected chi connectivity index (χ1v) is 5.18. The smallest absolute Gasteiger partial charge is 0.238 e. The van der Waals surface area contributed by atoms with Crippen LogP contribution >= 0.6 is 0 Å². The maximum Gasteiger partial charge on any atom is 0.238 e. The van der Waals surface area contributed by atoms with E-state index < -0.39 is 0 Å². The van der Waals surface area contributed by atoms with Gasteiger partial charge in [-0.2, -0.15) is 0 Å². The van der Waals surface area contributed by atoms with E-state index in [4.69, 9.17) is 0 Å². The van der Waals surface area contributed by atoms with E-state index in [0.717, 1.165) is 5.69 Å². The van der Waals surface area contributed by atoms with Crippen LogP contribution in [-0.4, -0.2) is 19.5 Å². The van der Waals surface area contributed by atoms with E-state index in [1.165, 1.54) is 5.56 Å². The second-order valence-corrected chi connectivity index (χ2v) is 3.82. The monoisotopic (exact) mass is 206 g/mol. The van der Waals surface area contributed by atoms with Crippen molar-refractivity contribution in [2.75, 3.05) is 18.9 Å².